The van der Waals surface area contributed by atoms with E-state index in [9.17, 15) is 9.59 Å². The quantitative estimate of drug-likeness (QED) is 0.0280. The molecule has 0 saturated carbocycles. The average Bonchev–Trinajstić information content (AvgIpc) is 1.60. The van der Waals surface area contributed by atoms with Gasteiger partial charge in [0, 0.05) is 88.3 Å². The lowest BCUT2D eigenvalue weighted by Gasteiger charge is -2.33. The largest absolute Gasteiger partial charge is 0.343 e. The maximum Gasteiger partial charge on any atom is 0.197 e. The Balaban J connectivity index is 0.000000249. The van der Waals surface area contributed by atoms with E-state index in [1.54, 1.807) is 22.7 Å². The number of carbonyl (C=O) groups excluding carboxylic acids is 2. The maximum absolute atomic E-state index is 13.5. The molecule has 6 aromatic rings. The number of rotatable bonds is 48. The number of ketones is 2. The van der Waals surface area contributed by atoms with Crippen molar-refractivity contribution in [2.45, 2.75) is 322 Å². The van der Waals surface area contributed by atoms with E-state index >= 15 is 0 Å². The van der Waals surface area contributed by atoms with E-state index in [0.29, 0.717) is 39.3 Å². The lowest BCUT2D eigenvalue weighted by atomic mass is 9.88. The Morgan fingerprint density at radius 1 is 0.314 bits per heavy atom. The van der Waals surface area contributed by atoms with Crippen LogP contribution in [0.3, 0.4) is 0 Å². The Kier molecular flexibility index (Phi) is 33.8. The summed E-state index contributed by atoms with van der Waals surface area (Å²) in [6.45, 7) is 11.8. The minimum absolute atomic E-state index is 0.254. The molecule has 6 heterocycles. The summed E-state index contributed by atoms with van der Waals surface area (Å²) >= 11 is 6.90. The van der Waals surface area contributed by atoms with Crippen LogP contribution in [-0.4, -0.2) is 38.0 Å². The summed E-state index contributed by atoms with van der Waals surface area (Å²) in [7, 11) is 0. The molecule has 2 saturated heterocycles. The molecule has 0 unspecified atom stereocenters. The molecule has 4 aromatic heterocycles. The number of hydrogen-bond acceptors (Lipinski definition) is 10. The Hall–Kier alpha value is -2.54. The molecule has 2 aromatic carbocycles. The second-order valence-electron chi connectivity index (χ2n) is 25.6. The molecule has 0 bridgehead atoms. The van der Waals surface area contributed by atoms with Gasteiger partial charge in [-0.2, -0.15) is 0 Å². The minimum Gasteiger partial charge on any atom is -0.343 e. The van der Waals surface area contributed by atoms with Crippen LogP contribution in [0.25, 0.3) is 40.3 Å². The van der Waals surface area contributed by atoms with Crippen molar-refractivity contribution in [1.29, 1.82) is 0 Å². The van der Waals surface area contributed by atoms with Gasteiger partial charge in [0.15, 0.2) is 23.1 Å². The van der Waals surface area contributed by atoms with Gasteiger partial charge in [-0.05, 0) is 71.5 Å². The minimum atomic E-state index is -0.664. The zero-order chi connectivity index (χ0) is 60.3. The van der Waals surface area contributed by atoms with Crippen LogP contribution in [0.4, 0.5) is 0 Å². The second kappa shape index (κ2) is 41.0. The van der Waals surface area contributed by atoms with E-state index in [2.05, 4.69) is 73.5 Å². The van der Waals surface area contributed by atoms with Crippen molar-refractivity contribution >= 4 is 97.3 Å². The summed E-state index contributed by atoms with van der Waals surface area (Å²) in [6.07, 6.45) is 55.1. The lowest BCUT2D eigenvalue weighted by molar-refractivity contribution is -0.171. The molecular weight excluding hydrogens is 1140 g/mol. The lowest BCUT2D eigenvalue weighted by Crippen LogP contribution is -2.30. The van der Waals surface area contributed by atoms with E-state index in [-0.39, 0.29) is 11.6 Å². The van der Waals surface area contributed by atoms with Crippen molar-refractivity contribution in [2.24, 2.45) is 0 Å². The van der Waals surface area contributed by atoms with Crippen molar-refractivity contribution in [3.63, 3.8) is 0 Å². The number of fused-ring (bicyclic) bond motifs is 4. The molecule has 0 radical (unpaired) electrons. The number of thiophene rings is 4. The van der Waals surface area contributed by atoms with E-state index < -0.39 is 11.6 Å². The first kappa shape index (κ1) is 70.9. The summed E-state index contributed by atoms with van der Waals surface area (Å²) in [5.41, 5.74) is 4.23. The molecule has 10 heteroatoms. The molecular formula is C76H116O6S4. The van der Waals surface area contributed by atoms with Gasteiger partial charge in [-0.15, -0.1) is 45.3 Å². The van der Waals surface area contributed by atoms with Gasteiger partial charge in [-0.3, -0.25) is 9.59 Å². The molecule has 480 valence electrons. The van der Waals surface area contributed by atoms with Gasteiger partial charge in [-0.1, -0.05) is 259 Å². The molecule has 2 aliphatic heterocycles. The summed E-state index contributed by atoms with van der Waals surface area (Å²) in [6, 6.07) is 8.74. The molecule has 0 amide bonds. The molecule has 6 nitrogen and oxygen atoms in total. The van der Waals surface area contributed by atoms with Gasteiger partial charge in [0.1, 0.15) is 0 Å². The van der Waals surface area contributed by atoms with Crippen LogP contribution < -0.4 is 0 Å². The van der Waals surface area contributed by atoms with Gasteiger partial charge < -0.3 is 18.9 Å². The number of unbranched alkanes of at least 4 members (excludes halogenated alkanes) is 36. The third kappa shape index (κ3) is 21.3. The van der Waals surface area contributed by atoms with Crippen LogP contribution >= 0.6 is 45.3 Å². The number of ether oxygens (including phenoxy) is 4. The van der Waals surface area contributed by atoms with Gasteiger partial charge in [0.2, 0.25) is 0 Å². The molecule has 0 atom stereocenters. The summed E-state index contributed by atoms with van der Waals surface area (Å²) in [4.78, 5) is 27.0. The van der Waals surface area contributed by atoms with Crippen LogP contribution in [-0.2, 0) is 30.5 Å². The predicted octanol–water partition coefficient (Wildman–Crippen LogP) is 26.2. The first-order valence-corrected chi connectivity index (χ1v) is 39.4. The smallest absolute Gasteiger partial charge is 0.197 e. The standard InChI is InChI=1S/C40H62O4S2.C36H54O2S2/c1-3-5-7-9-11-13-15-17-19-21-25-39(41-27-28-42-39)35-33-23-31-46-38(33)36(34-24-32-45-37(34)35)40(43-29-30-44-40)26-22-20-18-16-14-12-10-8-6-4-2;1-3-5-7-9-11-13-15-17-19-21-23-31(37)33-29-25-27-40-36(29)34(30-26-28-39-35(30)33)32(38)24-22-20-18-16-14-12-10-8-6-4-2/h23-24,31-32H,3-22,25-30H2,1-2H3;25-28H,3-24H2,1-2H3. The molecule has 0 spiro atoms. The Morgan fingerprint density at radius 3 is 0.826 bits per heavy atom. The Morgan fingerprint density at radius 2 is 0.547 bits per heavy atom. The Bertz CT molecular complexity index is 2500. The predicted molar refractivity (Wildman–Crippen MR) is 376 cm³/mol. The van der Waals surface area contributed by atoms with Crippen molar-refractivity contribution in [2.75, 3.05) is 26.4 Å². The second-order valence-corrected chi connectivity index (χ2v) is 29.3. The molecule has 0 N–H and O–H groups in total. The summed E-state index contributed by atoms with van der Waals surface area (Å²) < 4.78 is 31.1. The molecule has 8 rings (SSSR count). The SMILES string of the molecule is CCCCCCCCCCCCC(=O)c1c2ccsc2c(C(=O)CCCCCCCCCCCC)c2ccsc12.CCCCCCCCCCCCC1(c2c3ccsc3c(C3(CCCCCCCCCCCC)OCCO3)c3ccsc23)OCCO1. The average molecular weight is 1250 g/mol. The van der Waals surface area contributed by atoms with E-state index in [4.69, 9.17) is 18.9 Å². The fraction of sp³-hybridized carbons (Fsp3) is 0.711. The normalized spacial score (nSPS) is 14.8. The highest BCUT2D eigenvalue weighted by Gasteiger charge is 2.46. The first-order valence-electron chi connectivity index (χ1n) is 35.9. The van der Waals surface area contributed by atoms with Crippen LogP contribution in [0, 0.1) is 0 Å². The van der Waals surface area contributed by atoms with Gasteiger partial charge >= 0.3 is 0 Å². The van der Waals surface area contributed by atoms with Crippen molar-refractivity contribution in [3.8, 4) is 0 Å². The van der Waals surface area contributed by atoms with Gasteiger partial charge in [0.25, 0.3) is 0 Å². The van der Waals surface area contributed by atoms with E-state index in [0.717, 1.165) is 82.7 Å². The molecule has 86 heavy (non-hydrogen) atoms. The number of carbonyl (C=O) groups is 2. The summed E-state index contributed by atoms with van der Waals surface area (Å²) in [5, 5.41) is 13.1. The van der Waals surface area contributed by atoms with Crippen LogP contribution in [0.2, 0.25) is 0 Å². The first-order chi connectivity index (χ1) is 42.4. The van der Waals surface area contributed by atoms with Gasteiger partial charge in [-0.25, -0.2) is 0 Å². The molecule has 2 aliphatic rings. The Labute approximate surface area is 538 Å². The highest BCUT2D eigenvalue weighted by atomic mass is 32.1. The zero-order valence-electron chi connectivity index (χ0n) is 54.6. The molecule has 0 aliphatic carbocycles. The van der Waals surface area contributed by atoms with Crippen molar-refractivity contribution in [3.05, 3.63) is 68.0 Å². The van der Waals surface area contributed by atoms with Crippen LogP contribution in [0.15, 0.2) is 45.8 Å². The monoisotopic (exact) mass is 1250 g/mol. The third-order valence-electron chi connectivity index (χ3n) is 18.7. The van der Waals surface area contributed by atoms with Crippen LogP contribution in [0.1, 0.15) is 342 Å². The number of benzene rings is 2. The van der Waals surface area contributed by atoms with Crippen molar-refractivity contribution in [1.82, 2.24) is 0 Å². The van der Waals surface area contributed by atoms with E-state index in [1.165, 1.54) is 250 Å². The highest BCUT2D eigenvalue weighted by Crippen LogP contribution is 2.53. The fourth-order valence-electron chi connectivity index (χ4n) is 13.8. The number of Topliss-reactive ketones (excluding diaryl/α,β-unsaturated/α-hetero) is 2. The fourth-order valence-corrected chi connectivity index (χ4v) is 17.8. The van der Waals surface area contributed by atoms with Gasteiger partial charge in [0.05, 0.1) is 26.4 Å². The number of hydrogen-bond donors (Lipinski definition) is 0. The highest BCUT2D eigenvalue weighted by molar-refractivity contribution is 7.20. The topological polar surface area (TPSA) is 71.1 Å². The van der Waals surface area contributed by atoms with Crippen molar-refractivity contribution < 1.29 is 28.5 Å². The van der Waals surface area contributed by atoms with Crippen LogP contribution in [0.5, 0.6) is 0 Å². The van der Waals surface area contributed by atoms with E-state index in [1.807, 2.05) is 22.7 Å². The summed E-state index contributed by atoms with van der Waals surface area (Å²) in [5.74, 6) is -0.821. The molecule has 2 fully saturated rings. The zero-order valence-corrected chi connectivity index (χ0v) is 57.9. The third-order valence-corrected chi connectivity index (χ3v) is 22.4. The maximum atomic E-state index is 13.5.